The highest BCUT2D eigenvalue weighted by molar-refractivity contribution is 5.94. The topological polar surface area (TPSA) is 45.2 Å². The summed E-state index contributed by atoms with van der Waals surface area (Å²) in [4.78, 5) is 18.7. The van der Waals surface area contributed by atoms with Gasteiger partial charge >= 0.3 is 0 Å². The smallest absolute Gasteiger partial charge is 0.255 e. The van der Waals surface area contributed by atoms with E-state index >= 15 is 0 Å². The standard InChI is InChI=1S/C19H23N3O/c1-15-7-3-4-8-16(15)13-21-18-11-17(12-20-14-18)19(23)22-9-5-2-6-10-22/h3-4,7-8,11-12,14,21H,2,5-6,9-10,13H2,1H3. The molecule has 120 valence electrons. The molecule has 0 bridgehead atoms. The van der Waals surface area contributed by atoms with Gasteiger partial charge in [-0.05, 0) is 43.4 Å². The lowest BCUT2D eigenvalue weighted by atomic mass is 10.1. The van der Waals surface area contributed by atoms with Crippen molar-refractivity contribution in [1.82, 2.24) is 9.88 Å². The molecule has 1 fully saturated rings. The SMILES string of the molecule is Cc1ccccc1CNc1cncc(C(=O)N2CCCCC2)c1. The van der Waals surface area contributed by atoms with Crippen LogP contribution in [0.25, 0.3) is 0 Å². The van der Waals surface area contributed by atoms with Crippen LogP contribution < -0.4 is 5.32 Å². The van der Waals surface area contributed by atoms with E-state index in [1.165, 1.54) is 17.5 Å². The third kappa shape index (κ3) is 3.89. The average molecular weight is 309 g/mol. The summed E-state index contributed by atoms with van der Waals surface area (Å²) >= 11 is 0. The number of piperidine rings is 1. The van der Waals surface area contributed by atoms with E-state index in [0.717, 1.165) is 38.2 Å². The number of rotatable bonds is 4. The second-order valence-corrected chi connectivity index (χ2v) is 6.10. The van der Waals surface area contributed by atoms with Crippen LogP contribution in [0.15, 0.2) is 42.7 Å². The number of pyridine rings is 1. The Labute approximate surface area is 137 Å². The molecule has 1 aromatic carbocycles. The van der Waals surface area contributed by atoms with Crippen molar-refractivity contribution in [2.45, 2.75) is 32.7 Å². The first kappa shape index (κ1) is 15.5. The van der Waals surface area contributed by atoms with Gasteiger partial charge in [-0.2, -0.15) is 0 Å². The minimum Gasteiger partial charge on any atom is -0.380 e. The highest BCUT2D eigenvalue weighted by Gasteiger charge is 2.18. The molecule has 1 aromatic heterocycles. The van der Waals surface area contributed by atoms with Crippen LogP contribution in [0.1, 0.15) is 40.7 Å². The second-order valence-electron chi connectivity index (χ2n) is 6.10. The number of carbonyl (C=O) groups excluding carboxylic acids is 1. The molecule has 0 aliphatic carbocycles. The molecule has 0 saturated carbocycles. The van der Waals surface area contributed by atoms with E-state index in [2.05, 4.69) is 29.4 Å². The first-order valence-electron chi connectivity index (χ1n) is 8.27. The van der Waals surface area contributed by atoms with Crippen LogP contribution >= 0.6 is 0 Å². The van der Waals surface area contributed by atoms with E-state index in [1.807, 2.05) is 23.1 Å². The summed E-state index contributed by atoms with van der Waals surface area (Å²) in [6.45, 7) is 4.56. The zero-order valence-corrected chi connectivity index (χ0v) is 13.6. The number of hydrogen-bond acceptors (Lipinski definition) is 3. The average Bonchev–Trinajstić information content (AvgIpc) is 2.61. The minimum absolute atomic E-state index is 0.0942. The van der Waals surface area contributed by atoms with Crippen molar-refractivity contribution in [2.75, 3.05) is 18.4 Å². The number of aryl methyl sites for hydroxylation is 1. The Morgan fingerprint density at radius 3 is 2.74 bits per heavy atom. The zero-order chi connectivity index (χ0) is 16.1. The predicted octanol–water partition coefficient (Wildman–Crippen LogP) is 3.63. The summed E-state index contributed by atoms with van der Waals surface area (Å²) in [7, 11) is 0. The lowest BCUT2D eigenvalue weighted by Gasteiger charge is -2.26. The molecule has 1 N–H and O–H groups in total. The van der Waals surface area contributed by atoms with Crippen LogP contribution in [-0.2, 0) is 6.54 Å². The van der Waals surface area contributed by atoms with Crippen molar-refractivity contribution in [1.29, 1.82) is 0 Å². The van der Waals surface area contributed by atoms with Gasteiger partial charge in [0.15, 0.2) is 0 Å². The van der Waals surface area contributed by atoms with Gasteiger partial charge in [-0.15, -0.1) is 0 Å². The van der Waals surface area contributed by atoms with Crippen LogP contribution in [0, 0.1) is 6.92 Å². The van der Waals surface area contributed by atoms with E-state index in [0.29, 0.717) is 5.56 Å². The number of carbonyl (C=O) groups is 1. The Hall–Kier alpha value is -2.36. The number of aromatic nitrogens is 1. The number of nitrogens with one attached hydrogen (secondary N) is 1. The fraction of sp³-hybridized carbons (Fsp3) is 0.368. The maximum absolute atomic E-state index is 12.5. The molecule has 4 heteroatoms. The van der Waals surface area contributed by atoms with Gasteiger partial charge in [-0.25, -0.2) is 0 Å². The second kappa shape index (κ2) is 7.27. The highest BCUT2D eigenvalue weighted by atomic mass is 16.2. The van der Waals surface area contributed by atoms with E-state index in [1.54, 1.807) is 12.4 Å². The summed E-state index contributed by atoms with van der Waals surface area (Å²) in [5.74, 6) is 0.0942. The van der Waals surface area contributed by atoms with Gasteiger partial charge in [0.2, 0.25) is 0 Å². The van der Waals surface area contributed by atoms with Crippen LogP contribution in [0.4, 0.5) is 5.69 Å². The van der Waals surface area contributed by atoms with Crippen molar-refractivity contribution in [2.24, 2.45) is 0 Å². The summed E-state index contributed by atoms with van der Waals surface area (Å²) in [5, 5.41) is 3.37. The van der Waals surface area contributed by atoms with Crippen LogP contribution in [-0.4, -0.2) is 28.9 Å². The molecular weight excluding hydrogens is 286 g/mol. The molecule has 0 atom stereocenters. The molecule has 0 spiro atoms. The van der Waals surface area contributed by atoms with E-state index in [4.69, 9.17) is 0 Å². The summed E-state index contributed by atoms with van der Waals surface area (Å²) in [5.41, 5.74) is 4.06. The van der Waals surface area contributed by atoms with Crippen molar-refractivity contribution in [3.8, 4) is 0 Å². The van der Waals surface area contributed by atoms with Gasteiger partial charge in [0.05, 0.1) is 11.3 Å². The maximum Gasteiger partial charge on any atom is 0.255 e. The zero-order valence-electron chi connectivity index (χ0n) is 13.6. The number of nitrogens with zero attached hydrogens (tertiary/aromatic N) is 2. The number of anilines is 1. The van der Waals surface area contributed by atoms with E-state index in [9.17, 15) is 4.79 Å². The fourth-order valence-corrected chi connectivity index (χ4v) is 2.94. The monoisotopic (exact) mass is 309 g/mol. The van der Waals surface area contributed by atoms with Crippen LogP contribution in [0.5, 0.6) is 0 Å². The minimum atomic E-state index is 0.0942. The Kier molecular flexibility index (Phi) is 4.91. The normalized spacial score (nSPS) is 14.6. The van der Waals surface area contributed by atoms with Crippen molar-refractivity contribution in [3.63, 3.8) is 0 Å². The summed E-state index contributed by atoms with van der Waals surface area (Å²) in [6.07, 6.45) is 6.86. The van der Waals surface area contributed by atoms with Crippen molar-refractivity contribution >= 4 is 11.6 Å². The Bertz CT molecular complexity index is 678. The van der Waals surface area contributed by atoms with Gasteiger partial charge in [-0.3, -0.25) is 9.78 Å². The lowest BCUT2D eigenvalue weighted by Crippen LogP contribution is -2.35. The van der Waals surface area contributed by atoms with Gasteiger partial charge in [-0.1, -0.05) is 24.3 Å². The summed E-state index contributed by atoms with van der Waals surface area (Å²) in [6, 6.07) is 10.2. The number of amides is 1. The Morgan fingerprint density at radius 2 is 1.96 bits per heavy atom. The fourth-order valence-electron chi connectivity index (χ4n) is 2.94. The molecule has 1 aliphatic heterocycles. The first-order valence-corrected chi connectivity index (χ1v) is 8.27. The van der Waals surface area contributed by atoms with Gasteiger partial charge in [0.25, 0.3) is 5.91 Å². The van der Waals surface area contributed by atoms with Gasteiger partial charge < -0.3 is 10.2 Å². The van der Waals surface area contributed by atoms with E-state index < -0.39 is 0 Å². The lowest BCUT2D eigenvalue weighted by molar-refractivity contribution is 0.0724. The molecule has 0 radical (unpaired) electrons. The van der Waals surface area contributed by atoms with E-state index in [-0.39, 0.29) is 5.91 Å². The molecule has 1 saturated heterocycles. The number of likely N-dealkylation sites (tertiary alicyclic amines) is 1. The highest BCUT2D eigenvalue weighted by Crippen LogP contribution is 2.16. The molecule has 23 heavy (non-hydrogen) atoms. The van der Waals surface area contributed by atoms with Crippen LogP contribution in [0.3, 0.4) is 0 Å². The molecule has 4 nitrogen and oxygen atoms in total. The molecule has 3 rings (SSSR count). The summed E-state index contributed by atoms with van der Waals surface area (Å²) < 4.78 is 0. The molecule has 0 unspecified atom stereocenters. The first-order chi connectivity index (χ1) is 11.2. The van der Waals surface area contributed by atoms with Crippen molar-refractivity contribution < 1.29 is 4.79 Å². The number of hydrogen-bond donors (Lipinski definition) is 1. The third-order valence-corrected chi connectivity index (χ3v) is 4.37. The maximum atomic E-state index is 12.5. The molecule has 2 aromatic rings. The Balaban J connectivity index is 1.67. The molecule has 2 heterocycles. The quantitative estimate of drug-likeness (QED) is 0.938. The van der Waals surface area contributed by atoms with Gasteiger partial charge in [0.1, 0.15) is 0 Å². The predicted molar refractivity (Wildman–Crippen MR) is 92.5 cm³/mol. The molecule has 1 aliphatic rings. The van der Waals surface area contributed by atoms with Gasteiger partial charge in [0, 0.05) is 32.0 Å². The third-order valence-electron chi connectivity index (χ3n) is 4.37. The van der Waals surface area contributed by atoms with Crippen molar-refractivity contribution in [3.05, 3.63) is 59.4 Å². The van der Waals surface area contributed by atoms with Crippen LogP contribution in [0.2, 0.25) is 0 Å². The molecular formula is C19H23N3O. The Morgan fingerprint density at radius 1 is 1.17 bits per heavy atom. The molecule has 1 amide bonds. The largest absolute Gasteiger partial charge is 0.380 e. The number of benzene rings is 1.